The highest BCUT2D eigenvalue weighted by atomic mass is 32.3. The molecule has 0 radical (unpaired) electrons. The summed E-state index contributed by atoms with van der Waals surface area (Å²) in [6.07, 6.45) is 0. The fourth-order valence-electron chi connectivity index (χ4n) is 3.29. The minimum absolute atomic E-state index is 0.167. The Balaban J connectivity index is 2.13. The predicted molar refractivity (Wildman–Crippen MR) is 152 cm³/mol. The summed E-state index contributed by atoms with van der Waals surface area (Å²) < 4.78 is 125. The van der Waals surface area contributed by atoms with Crippen molar-refractivity contribution in [2.24, 2.45) is 15.3 Å². The summed E-state index contributed by atoms with van der Waals surface area (Å²) >= 11 is 0. The molecule has 0 aliphatic rings. The van der Waals surface area contributed by atoms with E-state index >= 15 is 0 Å². The van der Waals surface area contributed by atoms with Gasteiger partial charge in [0.1, 0.15) is 10.6 Å². The Kier molecular flexibility index (Phi) is 10.4. The second kappa shape index (κ2) is 13.3. The number of anilines is 1. The second-order valence-electron chi connectivity index (χ2n) is 8.43. The predicted octanol–water partition coefficient (Wildman–Crippen LogP) is 1.73. The average Bonchev–Trinajstić information content (AvgIpc) is 2.92. The largest absolute Gasteiger partial charge is 0.504 e. The van der Waals surface area contributed by atoms with Crippen LogP contribution >= 0.6 is 0 Å². The third kappa shape index (κ3) is 9.56. The maximum absolute atomic E-state index is 12.7. The SMILES string of the molecule is O=C(O)c1cc(S(=O)(=O)O)ccc1N/N=C(/N=N/c1cc(S(=O)(=O)CCOS(=O)(=O)O)cc(S(=O)(=O)O)c1O)c1ccccc1. The van der Waals surface area contributed by atoms with Crippen molar-refractivity contribution in [2.45, 2.75) is 14.7 Å². The van der Waals surface area contributed by atoms with Crippen LogP contribution in [0.4, 0.5) is 11.4 Å². The highest BCUT2D eigenvalue weighted by Gasteiger charge is 2.26. The minimum Gasteiger partial charge on any atom is -0.504 e. The Hall–Kier alpha value is -4.36. The molecule has 0 fully saturated rings. The zero-order valence-electron chi connectivity index (χ0n) is 22.0. The lowest BCUT2D eigenvalue weighted by Crippen LogP contribution is -2.16. The number of phenolic OH excluding ortho intramolecular Hbond substituents is 1. The summed E-state index contributed by atoms with van der Waals surface area (Å²) in [6.45, 7) is -1.10. The van der Waals surface area contributed by atoms with E-state index in [4.69, 9.17) is 4.55 Å². The molecule has 242 valence electrons. The molecule has 0 amide bonds. The van der Waals surface area contributed by atoms with Crippen LogP contribution in [0, 0.1) is 0 Å². The molecule has 0 bridgehead atoms. The fraction of sp³-hybridized carbons (Fsp3) is 0.0909. The molecule has 0 saturated heterocycles. The van der Waals surface area contributed by atoms with Crippen LogP contribution in [0.2, 0.25) is 0 Å². The topological polar surface area (TPSA) is 313 Å². The van der Waals surface area contributed by atoms with Crippen LogP contribution in [0.5, 0.6) is 5.75 Å². The number of hydrogen-bond donors (Lipinski definition) is 6. The number of hydrogen-bond acceptors (Lipinski definition) is 14. The number of carbonyl (C=O) groups is 1. The van der Waals surface area contributed by atoms with Gasteiger partial charge in [0, 0.05) is 5.56 Å². The lowest BCUT2D eigenvalue weighted by molar-refractivity contribution is 0.0697. The molecule has 0 aliphatic heterocycles. The lowest BCUT2D eigenvalue weighted by Gasteiger charge is -2.10. The maximum atomic E-state index is 12.7. The molecular weight excluding hydrogens is 689 g/mol. The molecule has 0 aromatic heterocycles. The van der Waals surface area contributed by atoms with Crippen LogP contribution in [-0.2, 0) is 44.7 Å². The van der Waals surface area contributed by atoms with Crippen molar-refractivity contribution < 1.29 is 66.5 Å². The van der Waals surface area contributed by atoms with E-state index in [1.165, 1.54) is 24.3 Å². The number of aromatic carboxylic acids is 1. The average molecular weight is 709 g/mol. The van der Waals surface area contributed by atoms with Gasteiger partial charge in [-0.25, -0.2) is 17.4 Å². The van der Waals surface area contributed by atoms with Gasteiger partial charge in [-0.2, -0.15) is 30.4 Å². The van der Waals surface area contributed by atoms with Crippen LogP contribution in [-0.4, -0.2) is 81.7 Å². The quantitative estimate of drug-likeness (QED) is 0.0513. The van der Waals surface area contributed by atoms with Crippen molar-refractivity contribution in [1.29, 1.82) is 0 Å². The van der Waals surface area contributed by atoms with Gasteiger partial charge in [0.25, 0.3) is 20.2 Å². The molecule has 0 spiro atoms. The first-order chi connectivity index (χ1) is 20.7. The monoisotopic (exact) mass is 708 g/mol. The number of carboxylic acids is 1. The molecule has 6 N–H and O–H groups in total. The van der Waals surface area contributed by atoms with Crippen LogP contribution in [0.25, 0.3) is 0 Å². The molecule has 23 heteroatoms. The molecule has 19 nitrogen and oxygen atoms in total. The zero-order valence-corrected chi connectivity index (χ0v) is 25.2. The Morgan fingerprint density at radius 1 is 0.822 bits per heavy atom. The summed E-state index contributed by atoms with van der Waals surface area (Å²) in [5, 5.41) is 31.3. The molecule has 0 aliphatic carbocycles. The highest BCUT2D eigenvalue weighted by molar-refractivity contribution is 7.91. The Bertz CT molecular complexity index is 2130. The van der Waals surface area contributed by atoms with Gasteiger partial charge >= 0.3 is 16.4 Å². The summed E-state index contributed by atoms with van der Waals surface area (Å²) in [7, 11) is -19.7. The number of sulfone groups is 1. The molecule has 0 atom stereocenters. The van der Waals surface area contributed by atoms with Gasteiger partial charge in [0.2, 0.25) is 5.84 Å². The Labute approximate surface area is 254 Å². The lowest BCUT2D eigenvalue weighted by atomic mass is 10.2. The molecule has 3 aromatic carbocycles. The minimum atomic E-state index is -5.29. The van der Waals surface area contributed by atoms with Crippen molar-refractivity contribution in [3.63, 3.8) is 0 Å². The number of amidine groups is 1. The van der Waals surface area contributed by atoms with Gasteiger partial charge in [0.15, 0.2) is 15.6 Å². The standard InChI is InChI=1S/C22H20N4O15S4/c27-20-18(11-15(12-19(20)44(35,36)37)42(30,31)9-8-41-45(38,39)40)24-26-21(13-4-2-1-3-5-13)25-23-17-7-6-14(43(32,33)34)10-16(17)22(28)29/h1-7,10-12,23,27H,8-9H2,(H,28,29)(H,32,33,34)(H,35,36,37)(H,38,39,40)/b25-21+,26-24+. The molecule has 3 aromatic rings. The molecular formula is C22H20N4O15S4. The van der Waals surface area contributed by atoms with Gasteiger partial charge in [-0.15, -0.1) is 10.2 Å². The third-order valence-corrected chi connectivity index (χ3v) is 9.17. The van der Waals surface area contributed by atoms with Crippen molar-refractivity contribution in [1.82, 2.24) is 0 Å². The van der Waals surface area contributed by atoms with Crippen molar-refractivity contribution in [3.8, 4) is 5.75 Å². The third-order valence-electron chi connectivity index (χ3n) is 5.34. The van der Waals surface area contributed by atoms with E-state index in [0.717, 1.165) is 12.1 Å². The summed E-state index contributed by atoms with van der Waals surface area (Å²) in [6, 6.07) is 10.9. The van der Waals surface area contributed by atoms with E-state index in [1.54, 1.807) is 6.07 Å². The van der Waals surface area contributed by atoms with Crippen LogP contribution < -0.4 is 5.43 Å². The number of phenols is 1. The number of nitrogens with one attached hydrogen (secondary N) is 1. The van der Waals surface area contributed by atoms with Gasteiger partial charge < -0.3 is 10.2 Å². The van der Waals surface area contributed by atoms with E-state index < -0.39 is 96.3 Å². The van der Waals surface area contributed by atoms with Crippen LogP contribution in [0.3, 0.4) is 0 Å². The Morgan fingerprint density at radius 3 is 2.02 bits per heavy atom. The number of azo groups is 1. The van der Waals surface area contributed by atoms with Gasteiger partial charge in [-0.1, -0.05) is 30.3 Å². The molecule has 45 heavy (non-hydrogen) atoms. The van der Waals surface area contributed by atoms with Crippen molar-refractivity contribution in [2.75, 3.05) is 17.8 Å². The molecule has 0 saturated carbocycles. The summed E-state index contributed by atoms with van der Waals surface area (Å²) in [5.74, 6) is -4.40. The number of nitrogens with zero attached hydrogens (tertiary/aromatic N) is 3. The fourth-order valence-corrected chi connectivity index (χ4v) is 6.03. The molecule has 3 rings (SSSR count). The number of aromatic hydroxyl groups is 1. The maximum Gasteiger partial charge on any atom is 0.397 e. The van der Waals surface area contributed by atoms with Crippen LogP contribution in [0.15, 0.2) is 90.7 Å². The summed E-state index contributed by atoms with van der Waals surface area (Å²) in [4.78, 5) is 8.74. The van der Waals surface area contributed by atoms with E-state index in [9.17, 15) is 57.8 Å². The van der Waals surface area contributed by atoms with E-state index in [2.05, 4.69) is 24.9 Å². The van der Waals surface area contributed by atoms with Crippen LogP contribution in [0.1, 0.15) is 15.9 Å². The van der Waals surface area contributed by atoms with E-state index in [-0.39, 0.29) is 11.3 Å². The van der Waals surface area contributed by atoms with Gasteiger partial charge in [-0.05, 0) is 30.3 Å². The smallest absolute Gasteiger partial charge is 0.397 e. The zero-order chi connectivity index (χ0) is 33.8. The van der Waals surface area contributed by atoms with E-state index in [1.807, 2.05) is 0 Å². The van der Waals surface area contributed by atoms with Gasteiger partial charge in [-0.3, -0.25) is 19.1 Å². The molecule has 0 heterocycles. The summed E-state index contributed by atoms with van der Waals surface area (Å²) in [5.41, 5.74) is 0.697. The number of hydrazone groups is 1. The Morgan fingerprint density at radius 2 is 1.47 bits per heavy atom. The first kappa shape index (κ1) is 35.1. The normalized spacial score (nSPS) is 13.2. The number of benzene rings is 3. The molecule has 0 unspecified atom stereocenters. The van der Waals surface area contributed by atoms with E-state index in [0.29, 0.717) is 18.2 Å². The number of carboxylic acid groups (broad SMARTS) is 1. The number of rotatable bonds is 12. The van der Waals surface area contributed by atoms with Crippen molar-refractivity contribution in [3.05, 3.63) is 71.8 Å². The van der Waals surface area contributed by atoms with Crippen molar-refractivity contribution >= 4 is 63.7 Å². The van der Waals surface area contributed by atoms with Gasteiger partial charge in [0.05, 0.1) is 33.4 Å². The first-order valence-electron chi connectivity index (χ1n) is 11.5. The first-order valence-corrected chi connectivity index (χ1v) is 17.4. The highest BCUT2D eigenvalue weighted by Crippen LogP contribution is 2.37. The second-order valence-corrected chi connectivity index (χ2v) is 14.4.